The SMILES string of the molecule is O=[N+]([O-])c1cnc2nc(Cl)nc(Cl)c2c1. The maximum atomic E-state index is 10.5. The quantitative estimate of drug-likeness (QED) is 0.333. The van der Waals surface area contributed by atoms with E-state index >= 15 is 0 Å². The maximum Gasteiger partial charge on any atom is 0.288 e. The average Bonchev–Trinajstić information content (AvgIpc) is 2.16. The fourth-order valence-corrected chi connectivity index (χ4v) is 1.47. The summed E-state index contributed by atoms with van der Waals surface area (Å²) in [5.74, 6) is 0. The highest BCUT2D eigenvalue weighted by molar-refractivity contribution is 6.35. The van der Waals surface area contributed by atoms with E-state index in [1.54, 1.807) is 0 Å². The maximum absolute atomic E-state index is 10.5. The highest BCUT2D eigenvalue weighted by atomic mass is 35.5. The number of hydrogen-bond acceptors (Lipinski definition) is 5. The third kappa shape index (κ3) is 1.81. The van der Waals surface area contributed by atoms with E-state index in [4.69, 9.17) is 23.2 Å². The molecule has 2 rings (SSSR count). The summed E-state index contributed by atoms with van der Waals surface area (Å²) >= 11 is 11.3. The van der Waals surface area contributed by atoms with Crippen molar-refractivity contribution in [3.8, 4) is 0 Å². The Balaban J connectivity index is 2.76. The number of pyridine rings is 1. The molecule has 76 valence electrons. The zero-order chi connectivity index (χ0) is 11.0. The van der Waals surface area contributed by atoms with Gasteiger partial charge >= 0.3 is 0 Å². The lowest BCUT2D eigenvalue weighted by atomic mass is 10.3. The Bertz CT molecular complexity index is 560. The van der Waals surface area contributed by atoms with Crippen molar-refractivity contribution in [2.45, 2.75) is 0 Å². The van der Waals surface area contributed by atoms with Gasteiger partial charge in [0.1, 0.15) is 11.3 Å². The normalized spacial score (nSPS) is 10.5. The monoisotopic (exact) mass is 244 g/mol. The van der Waals surface area contributed by atoms with Crippen LogP contribution in [0.3, 0.4) is 0 Å². The van der Waals surface area contributed by atoms with E-state index < -0.39 is 4.92 Å². The van der Waals surface area contributed by atoms with Crippen LogP contribution in [-0.4, -0.2) is 19.9 Å². The first kappa shape index (κ1) is 10.0. The van der Waals surface area contributed by atoms with Crippen LogP contribution in [0.5, 0.6) is 0 Å². The van der Waals surface area contributed by atoms with E-state index in [9.17, 15) is 10.1 Å². The Morgan fingerprint density at radius 2 is 2.07 bits per heavy atom. The molecule has 2 heterocycles. The molecule has 0 saturated heterocycles. The topological polar surface area (TPSA) is 81.8 Å². The minimum atomic E-state index is -0.572. The Morgan fingerprint density at radius 1 is 1.33 bits per heavy atom. The molecule has 0 aliphatic heterocycles. The molecule has 0 aliphatic carbocycles. The van der Waals surface area contributed by atoms with Crippen molar-refractivity contribution in [3.05, 3.63) is 32.8 Å². The average molecular weight is 245 g/mol. The highest BCUT2D eigenvalue weighted by Crippen LogP contribution is 2.23. The van der Waals surface area contributed by atoms with Crippen LogP contribution in [0.1, 0.15) is 0 Å². The largest absolute Gasteiger partial charge is 0.288 e. The van der Waals surface area contributed by atoms with Gasteiger partial charge in [0.15, 0.2) is 5.65 Å². The molecule has 0 amide bonds. The number of halogens is 2. The summed E-state index contributed by atoms with van der Waals surface area (Å²) in [5.41, 5.74) is 0.0564. The van der Waals surface area contributed by atoms with Crippen LogP contribution in [0.15, 0.2) is 12.3 Å². The Morgan fingerprint density at radius 3 is 2.73 bits per heavy atom. The molecule has 0 spiro atoms. The van der Waals surface area contributed by atoms with Crippen LogP contribution in [0.2, 0.25) is 10.4 Å². The van der Waals surface area contributed by atoms with Gasteiger partial charge < -0.3 is 0 Å². The van der Waals surface area contributed by atoms with E-state index in [0.29, 0.717) is 5.39 Å². The second-order valence-corrected chi connectivity index (χ2v) is 3.30. The van der Waals surface area contributed by atoms with Crippen LogP contribution in [-0.2, 0) is 0 Å². The molecule has 0 bridgehead atoms. The van der Waals surface area contributed by atoms with Gasteiger partial charge in [0.25, 0.3) is 5.69 Å². The van der Waals surface area contributed by atoms with Gasteiger partial charge in [-0.3, -0.25) is 10.1 Å². The first-order chi connectivity index (χ1) is 7.08. The lowest BCUT2D eigenvalue weighted by Crippen LogP contribution is -1.93. The first-order valence-corrected chi connectivity index (χ1v) is 4.46. The highest BCUT2D eigenvalue weighted by Gasteiger charge is 2.12. The number of rotatable bonds is 1. The Hall–Kier alpha value is -1.53. The molecular formula is C7H2Cl2N4O2. The van der Waals surface area contributed by atoms with Crippen molar-refractivity contribution in [1.82, 2.24) is 15.0 Å². The first-order valence-electron chi connectivity index (χ1n) is 3.71. The third-order valence-electron chi connectivity index (χ3n) is 1.67. The van der Waals surface area contributed by atoms with Crippen molar-refractivity contribution in [2.24, 2.45) is 0 Å². The van der Waals surface area contributed by atoms with Crippen LogP contribution in [0.25, 0.3) is 11.0 Å². The Labute approximate surface area is 93.0 Å². The van der Waals surface area contributed by atoms with Gasteiger partial charge in [-0.2, -0.15) is 4.98 Å². The number of nitrogens with zero attached hydrogens (tertiary/aromatic N) is 4. The summed E-state index contributed by atoms with van der Waals surface area (Å²) in [4.78, 5) is 21.1. The van der Waals surface area contributed by atoms with Crippen molar-refractivity contribution in [1.29, 1.82) is 0 Å². The summed E-state index contributed by atoms with van der Waals surface area (Å²) in [6.07, 6.45) is 1.09. The lowest BCUT2D eigenvalue weighted by molar-refractivity contribution is -0.385. The van der Waals surface area contributed by atoms with Gasteiger partial charge in [0.05, 0.1) is 10.3 Å². The van der Waals surface area contributed by atoms with Gasteiger partial charge in [-0.1, -0.05) is 11.6 Å². The predicted octanol–water partition coefficient (Wildman–Crippen LogP) is 2.24. The van der Waals surface area contributed by atoms with E-state index in [2.05, 4.69) is 15.0 Å². The minimum Gasteiger partial charge on any atom is -0.258 e. The Kier molecular flexibility index (Phi) is 2.37. The summed E-state index contributed by atoms with van der Waals surface area (Å²) in [6, 6.07) is 1.25. The van der Waals surface area contributed by atoms with Gasteiger partial charge in [-0.15, -0.1) is 0 Å². The second kappa shape index (κ2) is 3.56. The fraction of sp³-hybridized carbons (Fsp3) is 0. The van der Waals surface area contributed by atoms with E-state index in [1.165, 1.54) is 6.07 Å². The van der Waals surface area contributed by atoms with E-state index in [-0.39, 0.29) is 21.8 Å². The molecule has 6 nitrogen and oxygen atoms in total. The zero-order valence-corrected chi connectivity index (χ0v) is 8.53. The molecule has 0 atom stereocenters. The van der Waals surface area contributed by atoms with E-state index in [0.717, 1.165) is 6.20 Å². The van der Waals surface area contributed by atoms with Crippen LogP contribution >= 0.6 is 23.2 Å². The molecule has 0 fully saturated rings. The van der Waals surface area contributed by atoms with Crippen molar-refractivity contribution >= 4 is 39.9 Å². The molecule has 0 N–H and O–H groups in total. The van der Waals surface area contributed by atoms with Crippen molar-refractivity contribution < 1.29 is 4.92 Å². The smallest absolute Gasteiger partial charge is 0.258 e. The number of hydrogen-bond donors (Lipinski definition) is 0. The molecule has 2 aromatic heterocycles. The molecule has 0 aromatic carbocycles. The van der Waals surface area contributed by atoms with Crippen LogP contribution in [0, 0.1) is 10.1 Å². The second-order valence-electron chi connectivity index (χ2n) is 2.61. The molecule has 0 radical (unpaired) electrons. The molecule has 15 heavy (non-hydrogen) atoms. The molecular weight excluding hydrogens is 243 g/mol. The number of nitro groups is 1. The fourth-order valence-electron chi connectivity index (χ4n) is 1.04. The van der Waals surface area contributed by atoms with Crippen molar-refractivity contribution in [2.75, 3.05) is 0 Å². The van der Waals surface area contributed by atoms with Gasteiger partial charge in [0.2, 0.25) is 5.28 Å². The van der Waals surface area contributed by atoms with Crippen LogP contribution in [0.4, 0.5) is 5.69 Å². The van der Waals surface area contributed by atoms with Gasteiger partial charge in [0, 0.05) is 6.07 Å². The lowest BCUT2D eigenvalue weighted by Gasteiger charge is -1.98. The van der Waals surface area contributed by atoms with Crippen LogP contribution < -0.4 is 0 Å². The predicted molar refractivity (Wildman–Crippen MR) is 54.0 cm³/mol. The van der Waals surface area contributed by atoms with Gasteiger partial charge in [-0.05, 0) is 11.6 Å². The molecule has 0 saturated carbocycles. The molecule has 8 heteroatoms. The summed E-state index contributed by atoms with van der Waals surface area (Å²) < 4.78 is 0. The number of fused-ring (bicyclic) bond motifs is 1. The molecule has 2 aromatic rings. The minimum absolute atomic E-state index is 0.0428. The number of aromatic nitrogens is 3. The summed E-state index contributed by atoms with van der Waals surface area (Å²) in [5, 5.41) is 10.8. The van der Waals surface area contributed by atoms with E-state index in [1.807, 2.05) is 0 Å². The molecule has 0 unspecified atom stereocenters. The molecule has 0 aliphatic rings. The summed E-state index contributed by atoms with van der Waals surface area (Å²) in [7, 11) is 0. The van der Waals surface area contributed by atoms with Gasteiger partial charge in [-0.25, -0.2) is 9.97 Å². The third-order valence-corrected chi connectivity index (χ3v) is 2.13. The zero-order valence-electron chi connectivity index (χ0n) is 7.02. The summed E-state index contributed by atoms with van der Waals surface area (Å²) in [6.45, 7) is 0. The standard InChI is InChI=1S/C7H2Cl2N4O2/c8-5-4-1-3(13(14)15)2-10-6(4)12-7(9)11-5/h1-2H. The van der Waals surface area contributed by atoms with Crippen molar-refractivity contribution in [3.63, 3.8) is 0 Å².